The number of halogens is 2. The van der Waals surface area contributed by atoms with E-state index in [1.165, 1.54) is 6.07 Å². The predicted molar refractivity (Wildman–Crippen MR) is 46.7 cm³/mol. The Bertz CT molecular complexity index is 283. The monoisotopic (exact) mass is 186 g/mol. The van der Waals surface area contributed by atoms with Crippen LogP contribution in [-0.2, 0) is 6.54 Å². The Kier molecular flexibility index (Phi) is 1.90. The predicted octanol–water partition coefficient (Wildman–Crippen LogP) is 1.95. The zero-order valence-electron chi connectivity index (χ0n) is 6.32. The van der Waals surface area contributed by atoms with Crippen LogP contribution in [0.3, 0.4) is 0 Å². The molecule has 1 aliphatic heterocycles. The highest BCUT2D eigenvalue weighted by atomic mass is 35.5. The SMILES string of the molecule is Fc1cc2c(cc1Cl)NCNC2. The molecule has 0 aromatic heterocycles. The largest absolute Gasteiger partial charge is 0.372 e. The lowest BCUT2D eigenvalue weighted by Gasteiger charge is -2.19. The molecule has 0 atom stereocenters. The van der Waals surface area contributed by atoms with Crippen LogP contribution in [0.25, 0.3) is 0 Å². The van der Waals surface area contributed by atoms with E-state index < -0.39 is 0 Å². The molecule has 64 valence electrons. The molecule has 2 rings (SSSR count). The first-order chi connectivity index (χ1) is 5.77. The van der Waals surface area contributed by atoms with E-state index >= 15 is 0 Å². The second kappa shape index (κ2) is 2.92. The summed E-state index contributed by atoms with van der Waals surface area (Å²) in [6.45, 7) is 1.39. The van der Waals surface area contributed by atoms with Gasteiger partial charge in [-0.1, -0.05) is 11.6 Å². The topological polar surface area (TPSA) is 24.1 Å². The van der Waals surface area contributed by atoms with Crippen LogP contribution >= 0.6 is 11.6 Å². The summed E-state index contributed by atoms with van der Waals surface area (Å²) in [7, 11) is 0. The van der Waals surface area contributed by atoms with Crippen molar-refractivity contribution in [3.8, 4) is 0 Å². The smallest absolute Gasteiger partial charge is 0.142 e. The van der Waals surface area contributed by atoms with Crippen LogP contribution in [0.4, 0.5) is 10.1 Å². The fourth-order valence-electron chi connectivity index (χ4n) is 1.25. The Labute approximate surface area is 74.7 Å². The van der Waals surface area contributed by atoms with Gasteiger partial charge in [-0.15, -0.1) is 0 Å². The first-order valence-electron chi connectivity index (χ1n) is 3.70. The van der Waals surface area contributed by atoms with Crippen LogP contribution in [0.1, 0.15) is 5.56 Å². The van der Waals surface area contributed by atoms with Gasteiger partial charge in [0.25, 0.3) is 0 Å². The van der Waals surface area contributed by atoms with Gasteiger partial charge in [-0.3, -0.25) is 5.32 Å². The number of fused-ring (bicyclic) bond motifs is 1. The van der Waals surface area contributed by atoms with Crippen LogP contribution in [0.2, 0.25) is 5.02 Å². The Hall–Kier alpha value is -0.800. The lowest BCUT2D eigenvalue weighted by molar-refractivity contribution is 0.619. The van der Waals surface area contributed by atoms with E-state index in [0.29, 0.717) is 13.2 Å². The molecule has 2 N–H and O–H groups in total. The van der Waals surface area contributed by atoms with Crippen LogP contribution in [0.15, 0.2) is 12.1 Å². The molecular weight excluding hydrogens is 179 g/mol. The summed E-state index contributed by atoms with van der Waals surface area (Å²) < 4.78 is 12.9. The third-order valence-electron chi connectivity index (χ3n) is 1.87. The minimum absolute atomic E-state index is 0.170. The molecule has 1 aromatic rings. The summed E-state index contributed by atoms with van der Waals surface area (Å²) in [5, 5.41) is 6.30. The van der Waals surface area contributed by atoms with Gasteiger partial charge in [0.1, 0.15) is 5.82 Å². The highest BCUT2D eigenvalue weighted by molar-refractivity contribution is 6.31. The van der Waals surface area contributed by atoms with Gasteiger partial charge in [0.2, 0.25) is 0 Å². The zero-order chi connectivity index (χ0) is 8.55. The number of hydrogen-bond donors (Lipinski definition) is 2. The normalized spacial score (nSPS) is 15.2. The fraction of sp³-hybridized carbons (Fsp3) is 0.250. The highest BCUT2D eigenvalue weighted by Crippen LogP contribution is 2.25. The van der Waals surface area contributed by atoms with E-state index in [4.69, 9.17) is 11.6 Å². The van der Waals surface area contributed by atoms with Gasteiger partial charge in [-0.05, 0) is 17.7 Å². The highest BCUT2D eigenvalue weighted by Gasteiger charge is 2.10. The Balaban J connectivity index is 2.49. The third kappa shape index (κ3) is 1.26. The number of nitrogens with one attached hydrogen (secondary N) is 2. The van der Waals surface area contributed by atoms with E-state index in [2.05, 4.69) is 10.6 Å². The molecule has 1 heterocycles. The molecule has 0 spiro atoms. The van der Waals surface area contributed by atoms with E-state index in [1.807, 2.05) is 0 Å². The van der Waals surface area contributed by atoms with Crippen LogP contribution in [0.5, 0.6) is 0 Å². The summed E-state index contributed by atoms with van der Waals surface area (Å²) >= 11 is 5.61. The van der Waals surface area contributed by atoms with Crippen molar-refractivity contribution in [3.63, 3.8) is 0 Å². The molecule has 0 fully saturated rings. The lowest BCUT2D eigenvalue weighted by Crippen LogP contribution is -2.27. The molecule has 0 radical (unpaired) electrons. The third-order valence-corrected chi connectivity index (χ3v) is 2.16. The van der Waals surface area contributed by atoms with Crippen molar-refractivity contribution in [1.29, 1.82) is 0 Å². The minimum atomic E-state index is -0.360. The fourth-order valence-corrected chi connectivity index (χ4v) is 1.42. The molecule has 2 nitrogen and oxygen atoms in total. The van der Waals surface area contributed by atoms with E-state index in [0.717, 1.165) is 11.3 Å². The van der Waals surface area contributed by atoms with Crippen molar-refractivity contribution in [2.24, 2.45) is 0 Å². The maximum absolute atomic E-state index is 12.9. The Morgan fingerprint density at radius 2 is 2.25 bits per heavy atom. The molecule has 0 aliphatic carbocycles. The summed E-state index contributed by atoms with van der Waals surface area (Å²) in [4.78, 5) is 0. The molecule has 1 aromatic carbocycles. The van der Waals surface area contributed by atoms with Crippen molar-refractivity contribution in [3.05, 3.63) is 28.5 Å². The van der Waals surface area contributed by atoms with Gasteiger partial charge in [0, 0.05) is 12.2 Å². The average molecular weight is 187 g/mol. The number of rotatable bonds is 0. The molecule has 0 saturated heterocycles. The van der Waals surface area contributed by atoms with Crippen molar-refractivity contribution in [2.45, 2.75) is 6.54 Å². The van der Waals surface area contributed by atoms with E-state index in [1.54, 1.807) is 6.07 Å². The average Bonchev–Trinajstić information content (AvgIpc) is 2.07. The van der Waals surface area contributed by atoms with Crippen molar-refractivity contribution in [2.75, 3.05) is 12.0 Å². The lowest BCUT2D eigenvalue weighted by atomic mass is 10.1. The van der Waals surface area contributed by atoms with Crippen molar-refractivity contribution < 1.29 is 4.39 Å². The first-order valence-corrected chi connectivity index (χ1v) is 4.07. The molecule has 1 aliphatic rings. The van der Waals surface area contributed by atoms with Crippen LogP contribution < -0.4 is 10.6 Å². The Morgan fingerprint density at radius 1 is 1.42 bits per heavy atom. The molecule has 0 amide bonds. The van der Waals surface area contributed by atoms with Gasteiger partial charge in [-0.2, -0.15) is 0 Å². The van der Waals surface area contributed by atoms with Gasteiger partial charge in [-0.25, -0.2) is 4.39 Å². The molecule has 0 unspecified atom stereocenters. The molecule has 4 heteroatoms. The number of hydrogen-bond acceptors (Lipinski definition) is 2. The summed E-state index contributed by atoms with van der Waals surface area (Å²) in [5.74, 6) is -0.360. The standard InChI is InChI=1S/C8H8ClFN2/c9-6-2-8-5(1-7(6)10)3-11-4-12-8/h1-2,11-12H,3-4H2. The van der Waals surface area contributed by atoms with E-state index in [-0.39, 0.29) is 10.8 Å². The minimum Gasteiger partial charge on any atom is -0.372 e. The van der Waals surface area contributed by atoms with Gasteiger partial charge in [0.15, 0.2) is 0 Å². The molecular formula is C8H8ClFN2. The van der Waals surface area contributed by atoms with E-state index in [9.17, 15) is 4.39 Å². The second-order valence-electron chi connectivity index (χ2n) is 2.70. The maximum Gasteiger partial charge on any atom is 0.142 e. The van der Waals surface area contributed by atoms with Gasteiger partial charge < -0.3 is 5.32 Å². The molecule has 12 heavy (non-hydrogen) atoms. The summed E-state index contributed by atoms with van der Waals surface area (Å²) in [5.41, 5.74) is 1.84. The molecule has 0 saturated carbocycles. The maximum atomic E-state index is 12.9. The first kappa shape index (κ1) is 7.83. The van der Waals surface area contributed by atoms with Gasteiger partial charge in [0.05, 0.1) is 11.7 Å². The van der Waals surface area contributed by atoms with Crippen LogP contribution in [-0.4, -0.2) is 6.67 Å². The zero-order valence-corrected chi connectivity index (χ0v) is 7.08. The number of benzene rings is 1. The summed E-state index contributed by atoms with van der Waals surface area (Å²) in [6.07, 6.45) is 0. The quantitative estimate of drug-likeness (QED) is 0.647. The Morgan fingerprint density at radius 3 is 3.08 bits per heavy atom. The van der Waals surface area contributed by atoms with Gasteiger partial charge >= 0.3 is 0 Å². The van der Waals surface area contributed by atoms with Crippen molar-refractivity contribution in [1.82, 2.24) is 5.32 Å². The van der Waals surface area contributed by atoms with Crippen molar-refractivity contribution >= 4 is 17.3 Å². The summed E-state index contributed by atoms with van der Waals surface area (Å²) in [6, 6.07) is 3.07. The number of anilines is 1. The molecule has 0 bridgehead atoms. The van der Waals surface area contributed by atoms with Crippen LogP contribution in [0, 0.1) is 5.82 Å². The second-order valence-corrected chi connectivity index (χ2v) is 3.11.